The van der Waals surface area contributed by atoms with Crippen LogP contribution in [0.5, 0.6) is 11.8 Å². The Morgan fingerprint density at radius 2 is 1.79 bits per heavy atom. The van der Waals surface area contributed by atoms with Crippen molar-refractivity contribution in [2.24, 2.45) is 0 Å². The topological polar surface area (TPSA) is 88.7 Å². The van der Waals surface area contributed by atoms with Crippen LogP contribution in [0.2, 0.25) is 0 Å². The van der Waals surface area contributed by atoms with Crippen LogP contribution in [-0.2, 0) is 9.47 Å². The number of nitrogens with two attached hydrogens (primary N) is 1. The molecule has 0 aliphatic carbocycles. The van der Waals surface area contributed by atoms with Gasteiger partial charge >= 0.3 is 0 Å². The number of hydrogen-bond acceptors (Lipinski definition) is 7. The van der Waals surface area contributed by atoms with E-state index in [1.807, 2.05) is 6.92 Å². The summed E-state index contributed by atoms with van der Waals surface area (Å²) >= 11 is 0. The zero-order valence-electron chi connectivity index (χ0n) is 11.4. The van der Waals surface area contributed by atoms with E-state index in [-0.39, 0.29) is 0 Å². The minimum Gasteiger partial charge on any atom is -0.476 e. The second-order valence-corrected chi connectivity index (χ2v) is 3.64. The van der Waals surface area contributed by atoms with Gasteiger partial charge in [0.2, 0.25) is 11.8 Å². The molecule has 0 unspecified atom stereocenters. The molecule has 1 rings (SSSR count). The highest BCUT2D eigenvalue weighted by molar-refractivity contribution is 5.55. The Morgan fingerprint density at radius 1 is 1.05 bits per heavy atom. The van der Waals surface area contributed by atoms with Crippen LogP contribution < -0.4 is 15.2 Å². The lowest BCUT2D eigenvalue weighted by Gasteiger charge is -2.10. The number of methoxy groups -OCH3 is 1. The molecule has 0 aromatic carbocycles. The largest absolute Gasteiger partial charge is 0.476 e. The summed E-state index contributed by atoms with van der Waals surface area (Å²) in [5.74, 6) is 0.694. The Kier molecular flexibility index (Phi) is 7.60. The lowest BCUT2D eigenvalue weighted by molar-refractivity contribution is 0.0642. The Hall–Kier alpha value is -1.60. The third-order valence-corrected chi connectivity index (χ3v) is 2.20. The van der Waals surface area contributed by atoms with Crippen LogP contribution in [0.3, 0.4) is 0 Å². The van der Waals surface area contributed by atoms with Gasteiger partial charge in [-0.1, -0.05) is 0 Å². The van der Waals surface area contributed by atoms with Crippen molar-refractivity contribution >= 4 is 5.69 Å². The summed E-state index contributed by atoms with van der Waals surface area (Å²) in [5.41, 5.74) is 6.15. The maximum Gasteiger partial charge on any atom is 0.244 e. The third kappa shape index (κ3) is 5.71. The van der Waals surface area contributed by atoms with E-state index in [2.05, 4.69) is 9.97 Å². The minimum atomic E-state index is 0.324. The highest BCUT2D eigenvalue weighted by Crippen LogP contribution is 2.26. The van der Waals surface area contributed by atoms with E-state index < -0.39 is 0 Å². The van der Waals surface area contributed by atoms with Gasteiger partial charge in [0.1, 0.15) is 6.33 Å². The average molecular weight is 271 g/mol. The van der Waals surface area contributed by atoms with Crippen LogP contribution in [0, 0.1) is 0 Å². The van der Waals surface area contributed by atoms with Crippen LogP contribution in [-0.4, -0.2) is 50.1 Å². The molecule has 0 radical (unpaired) electrons. The van der Waals surface area contributed by atoms with E-state index in [1.165, 1.54) is 6.33 Å². The van der Waals surface area contributed by atoms with Gasteiger partial charge in [-0.3, -0.25) is 0 Å². The van der Waals surface area contributed by atoms with Crippen LogP contribution in [0.15, 0.2) is 6.33 Å². The van der Waals surface area contributed by atoms with E-state index in [4.69, 9.17) is 24.7 Å². The molecule has 0 atom stereocenters. The fourth-order valence-corrected chi connectivity index (χ4v) is 1.31. The molecule has 2 N–H and O–H groups in total. The Labute approximate surface area is 113 Å². The third-order valence-electron chi connectivity index (χ3n) is 2.20. The van der Waals surface area contributed by atoms with E-state index in [0.29, 0.717) is 50.5 Å². The number of nitrogens with zero attached hydrogens (tertiary/aromatic N) is 2. The second kappa shape index (κ2) is 9.35. The quantitative estimate of drug-likeness (QED) is 0.632. The molecule has 108 valence electrons. The number of ether oxygens (including phenoxy) is 4. The lowest BCUT2D eigenvalue weighted by Crippen LogP contribution is -2.09. The smallest absolute Gasteiger partial charge is 0.244 e. The molecular formula is C12H21N3O4. The number of anilines is 1. The van der Waals surface area contributed by atoms with E-state index in [0.717, 1.165) is 6.42 Å². The highest BCUT2D eigenvalue weighted by Gasteiger charge is 2.09. The van der Waals surface area contributed by atoms with Gasteiger partial charge in [-0.15, -0.1) is 0 Å². The van der Waals surface area contributed by atoms with Crippen molar-refractivity contribution in [3.05, 3.63) is 6.33 Å². The van der Waals surface area contributed by atoms with Gasteiger partial charge < -0.3 is 24.7 Å². The van der Waals surface area contributed by atoms with E-state index in [1.54, 1.807) is 7.11 Å². The van der Waals surface area contributed by atoms with Crippen LogP contribution in [0.4, 0.5) is 5.69 Å². The predicted octanol–water partition coefficient (Wildman–Crippen LogP) is 0.889. The number of aromatic nitrogens is 2. The van der Waals surface area contributed by atoms with Crippen molar-refractivity contribution < 1.29 is 18.9 Å². The number of hydrogen-bond donors (Lipinski definition) is 1. The summed E-state index contributed by atoms with van der Waals surface area (Å²) in [5, 5.41) is 0. The monoisotopic (exact) mass is 271 g/mol. The Morgan fingerprint density at radius 3 is 2.47 bits per heavy atom. The highest BCUT2D eigenvalue weighted by atomic mass is 16.5. The zero-order valence-corrected chi connectivity index (χ0v) is 11.4. The molecule has 0 saturated heterocycles. The Balaban J connectivity index is 2.27. The summed E-state index contributed by atoms with van der Waals surface area (Å²) in [6, 6.07) is 0. The van der Waals surface area contributed by atoms with Crippen molar-refractivity contribution in [1.29, 1.82) is 0 Å². The van der Waals surface area contributed by atoms with E-state index in [9.17, 15) is 0 Å². The maximum atomic E-state index is 5.83. The second-order valence-electron chi connectivity index (χ2n) is 3.64. The normalized spacial score (nSPS) is 10.4. The summed E-state index contributed by atoms with van der Waals surface area (Å²) in [4.78, 5) is 7.90. The minimum absolute atomic E-state index is 0.324. The summed E-state index contributed by atoms with van der Waals surface area (Å²) in [7, 11) is 1.64. The lowest BCUT2D eigenvalue weighted by atomic mass is 10.4. The fourth-order valence-electron chi connectivity index (χ4n) is 1.31. The van der Waals surface area contributed by atoms with Gasteiger partial charge in [-0.25, -0.2) is 0 Å². The Bertz CT molecular complexity index is 363. The van der Waals surface area contributed by atoms with Crippen molar-refractivity contribution in [1.82, 2.24) is 9.97 Å². The van der Waals surface area contributed by atoms with Crippen LogP contribution >= 0.6 is 0 Å². The fraction of sp³-hybridized carbons (Fsp3) is 0.667. The SMILES string of the molecule is CCOc1ncnc(OCCCOCCOC)c1N. The molecule has 0 amide bonds. The number of rotatable bonds is 10. The summed E-state index contributed by atoms with van der Waals surface area (Å²) in [6.07, 6.45) is 2.11. The molecule has 0 spiro atoms. The van der Waals surface area contributed by atoms with Crippen LogP contribution in [0.25, 0.3) is 0 Å². The summed E-state index contributed by atoms with van der Waals surface area (Å²) in [6.45, 7) is 4.61. The van der Waals surface area contributed by atoms with Gasteiger partial charge in [0, 0.05) is 20.1 Å². The molecule has 0 saturated carbocycles. The van der Waals surface area contributed by atoms with E-state index >= 15 is 0 Å². The zero-order chi connectivity index (χ0) is 13.9. The molecule has 0 bridgehead atoms. The van der Waals surface area contributed by atoms with Gasteiger partial charge in [0.25, 0.3) is 0 Å². The molecule has 7 nitrogen and oxygen atoms in total. The van der Waals surface area contributed by atoms with Crippen molar-refractivity contribution in [2.75, 3.05) is 45.9 Å². The molecule has 1 aromatic heterocycles. The molecule has 1 heterocycles. The first-order valence-corrected chi connectivity index (χ1v) is 6.22. The van der Waals surface area contributed by atoms with Gasteiger partial charge in [-0.2, -0.15) is 9.97 Å². The molecular weight excluding hydrogens is 250 g/mol. The molecule has 0 aliphatic heterocycles. The van der Waals surface area contributed by atoms with Gasteiger partial charge in [-0.05, 0) is 6.92 Å². The predicted molar refractivity (Wildman–Crippen MR) is 70.4 cm³/mol. The molecule has 19 heavy (non-hydrogen) atoms. The summed E-state index contributed by atoms with van der Waals surface area (Å²) < 4.78 is 20.9. The van der Waals surface area contributed by atoms with Gasteiger partial charge in [0.05, 0.1) is 26.4 Å². The van der Waals surface area contributed by atoms with Crippen molar-refractivity contribution in [3.63, 3.8) is 0 Å². The average Bonchev–Trinajstić information content (AvgIpc) is 2.42. The first kappa shape index (κ1) is 15.5. The molecule has 1 aromatic rings. The molecule has 0 aliphatic rings. The standard InChI is InChI=1S/C12H21N3O4/c1-3-18-11-10(13)12(15-9-14-11)19-6-4-5-17-8-7-16-2/h9H,3-8,13H2,1-2H3. The first-order valence-electron chi connectivity index (χ1n) is 6.22. The molecule has 0 fully saturated rings. The number of nitrogen functional groups attached to an aromatic ring is 1. The van der Waals surface area contributed by atoms with Crippen LogP contribution in [0.1, 0.15) is 13.3 Å². The first-order chi connectivity index (χ1) is 9.29. The maximum absolute atomic E-state index is 5.83. The van der Waals surface area contributed by atoms with Crippen molar-refractivity contribution in [2.45, 2.75) is 13.3 Å². The molecule has 7 heteroatoms. The van der Waals surface area contributed by atoms with Crippen molar-refractivity contribution in [3.8, 4) is 11.8 Å². The van der Waals surface area contributed by atoms with Gasteiger partial charge in [0.15, 0.2) is 5.69 Å².